The molecular formula is C20H30N2O3. The van der Waals surface area contributed by atoms with Crippen molar-refractivity contribution in [3.63, 3.8) is 0 Å². The second-order valence-corrected chi connectivity index (χ2v) is 7.06. The summed E-state index contributed by atoms with van der Waals surface area (Å²) in [7, 11) is 1.70. The Morgan fingerprint density at radius 2 is 1.92 bits per heavy atom. The van der Waals surface area contributed by atoms with Crippen LogP contribution in [0.4, 0.5) is 5.69 Å². The van der Waals surface area contributed by atoms with Crippen molar-refractivity contribution in [3.8, 4) is 18.1 Å². The first-order valence-electron chi connectivity index (χ1n) is 8.81. The van der Waals surface area contributed by atoms with Crippen LogP contribution in [0.3, 0.4) is 0 Å². The van der Waals surface area contributed by atoms with E-state index in [1.54, 1.807) is 7.11 Å². The summed E-state index contributed by atoms with van der Waals surface area (Å²) in [5.74, 6) is 3.51. The largest absolute Gasteiger partial charge is 0.495 e. The van der Waals surface area contributed by atoms with Gasteiger partial charge in [0.05, 0.1) is 31.1 Å². The Kier molecular flexibility index (Phi) is 7.12. The molecule has 1 N–H and O–H groups in total. The number of aliphatic hydroxyl groups excluding tert-OH is 1. The molecule has 0 bridgehead atoms. The van der Waals surface area contributed by atoms with E-state index in [2.05, 4.69) is 21.8 Å². The summed E-state index contributed by atoms with van der Waals surface area (Å²) in [5.41, 5.74) is 0.739. The molecule has 1 atom stereocenters. The molecule has 1 heterocycles. The van der Waals surface area contributed by atoms with E-state index in [4.69, 9.17) is 15.9 Å². The first kappa shape index (κ1) is 19.6. The van der Waals surface area contributed by atoms with Gasteiger partial charge in [0.1, 0.15) is 5.75 Å². The number of para-hydroxylation sites is 2. The summed E-state index contributed by atoms with van der Waals surface area (Å²) in [6.07, 6.45) is 5.37. The minimum atomic E-state index is -0.505. The van der Waals surface area contributed by atoms with Gasteiger partial charge in [0.25, 0.3) is 0 Å². The molecule has 0 aliphatic carbocycles. The van der Waals surface area contributed by atoms with Crippen LogP contribution in [-0.2, 0) is 4.74 Å². The van der Waals surface area contributed by atoms with Crippen LogP contribution in [0.5, 0.6) is 5.75 Å². The number of terminal acetylenes is 1. The number of hydrogen-bond donors (Lipinski definition) is 1. The van der Waals surface area contributed by atoms with Crippen LogP contribution >= 0.6 is 0 Å². The van der Waals surface area contributed by atoms with Crippen molar-refractivity contribution in [1.29, 1.82) is 0 Å². The molecule has 5 nitrogen and oxygen atoms in total. The number of aliphatic hydroxyl groups is 1. The van der Waals surface area contributed by atoms with E-state index in [1.165, 1.54) is 0 Å². The van der Waals surface area contributed by atoms with Gasteiger partial charge in [-0.05, 0) is 26.0 Å². The molecular weight excluding hydrogens is 316 g/mol. The molecule has 1 aromatic rings. The lowest BCUT2D eigenvalue weighted by molar-refractivity contribution is -0.0632. The van der Waals surface area contributed by atoms with Crippen molar-refractivity contribution in [3.05, 3.63) is 24.3 Å². The quantitative estimate of drug-likeness (QED) is 0.730. The molecule has 0 amide bonds. The summed E-state index contributed by atoms with van der Waals surface area (Å²) in [4.78, 5) is 4.60. The molecule has 2 rings (SSSR count). The van der Waals surface area contributed by atoms with Gasteiger partial charge in [-0.3, -0.25) is 4.90 Å². The zero-order valence-electron chi connectivity index (χ0n) is 15.6. The number of benzene rings is 1. The van der Waals surface area contributed by atoms with Crippen molar-refractivity contribution in [2.45, 2.75) is 32.0 Å². The Labute approximate surface area is 151 Å². The predicted molar refractivity (Wildman–Crippen MR) is 101 cm³/mol. The van der Waals surface area contributed by atoms with E-state index in [9.17, 15) is 5.11 Å². The summed E-state index contributed by atoms with van der Waals surface area (Å²) >= 11 is 0. The maximum absolute atomic E-state index is 10.2. The van der Waals surface area contributed by atoms with Crippen molar-refractivity contribution in [2.75, 3.05) is 51.3 Å². The van der Waals surface area contributed by atoms with Gasteiger partial charge >= 0.3 is 0 Å². The van der Waals surface area contributed by atoms with Crippen LogP contribution in [0.2, 0.25) is 0 Å². The number of anilines is 1. The van der Waals surface area contributed by atoms with Crippen LogP contribution in [0.25, 0.3) is 0 Å². The van der Waals surface area contributed by atoms with Crippen LogP contribution in [0, 0.1) is 12.3 Å². The van der Waals surface area contributed by atoms with Gasteiger partial charge in [0.2, 0.25) is 0 Å². The van der Waals surface area contributed by atoms with Crippen LogP contribution in [-0.4, -0.2) is 68.2 Å². The van der Waals surface area contributed by atoms with Crippen molar-refractivity contribution < 1.29 is 14.6 Å². The zero-order chi connectivity index (χ0) is 18.3. The topological polar surface area (TPSA) is 45.2 Å². The van der Waals surface area contributed by atoms with E-state index in [0.29, 0.717) is 19.6 Å². The molecule has 0 saturated carbocycles. The molecule has 1 aromatic carbocycles. The number of piperazine rings is 1. The highest BCUT2D eigenvalue weighted by Crippen LogP contribution is 2.28. The monoisotopic (exact) mass is 346 g/mol. The Hall–Kier alpha value is -1.74. The fraction of sp³-hybridized carbons (Fsp3) is 0.600. The maximum Gasteiger partial charge on any atom is 0.142 e. The SMILES string of the molecule is C#CCC(C)(C)OCC(O)CN1CCN(c2ccccc2OC)CC1. The van der Waals surface area contributed by atoms with E-state index in [0.717, 1.165) is 37.6 Å². The zero-order valence-corrected chi connectivity index (χ0v) is 15.6. The molecule has 0 radical (unpaired) electrons. The molecule has 0 aromatic heterocycles. The summed E-state index contributed by atoms with van der Waals surface area (Å²) in [6.45, 7) is 8.46. The number of rotatable bonds is 8. The molecule has 1 unspecified atom stereocenters. The standard InChI is InChI=1S/C20H30N2O3/c1-5-10-20(2,3)25-16-17(23)15-21-11-13-22(14-12-21)18-8-6-7-9-19(18)24-4/h1,6-9,17,23H,10-16H2,2-4H3. The highest BCUT2D eigenvalue weighted by Gasteiger charge is 2.23. The highest BCUT2D eigenvalue weighted by atomic mass is 16.5. The number of ether oxygens (including phenoxy) is 2. The number of hydrogen-bond acceptors (Lipinski definition) is 5. The summed E-state index contributed by atoms with van der Waals surface area (Å²) < 4.78 is 11.2. The fourth-order valence-electron chi connectivity index (χ4n) is 3.03. The van der Waals surface area contributed by atoms with Gasteiger partial charge in [-0.2, -0.15) is 0 Å². The Morgan fingerprint density at radius 3 is 2.56 bits per heavy atom. The normalized spacial score (nSPS) is 17.2. The first-order valence-corrected chi connectivity index (χ1v) is 8.81. The van der Waals surface area contributed by atoms with Crippen LogP contribution in [0.1, 0.15) is 20.3 Å². The van der Waals surface area contributed by atoms with Gasteiger partial charge in [0, 0.05) is 39.1 Å². The second kappa shape index (κ2) is 9.10. The summed E-state index contributed by atoms with van der Waals surface area (Å²) in [6, 6.07) is 8.09. The van der Waals surface area contributed by atoms with Crippen LogP contribution in [0.15, 0.2) is 24.3 Å². The average Bonchev–Trinajstić information content (AvgIpc) is 2.61. The molecule has 5 heteroatoms. The third-order valence-electron chi connectivity index (χ3n) is 4.46. The van der Waals surface area contributed by atoms with E-state index < -0.39 is 11.7 Å². The highest BCUT2D eigenvalue weighted by molar-refractivity contribution is 5.58. The van der Waals surface area contributed by atoms with Crippen molar-refractivity contribution >= 4 is 5.69 Å². The number of methoxy groups -OCH3 is 1. The van der Waals surface area contributed by atoms with Crippen molar-refractivity contribution in [1.82, 2.24) is 4.90 Å². The van der Waals surface area contributed by atoms with Gasteiger partial charge < -0.3 is 19.5 Å². The number of nitrogens with zero attached hydrogens (tertiary/aromatic N) is 2. The summed E-state index contributed by atoms with van der Waals surface area (Å²) in [5, 5.41) is 10.2. The average molecular weight is 346 g/mol. The first-order chi connectivity index (χ1) is 11.9. The Balaban J connectivity index is 1.78. The fourth-order valence-corrected chi connectivity index (χ4v) is 3.03. The Morgan fingerprint density at radius 1 is 1.24 bits per heavy atom. The van der Waals surface area contributed by atoms with Gasteiger partial charge in [0.15, 0.2) is 0 Å². The van der Waals surface area contributed by atoms with Gasteiger partial charge in [-0.15, -0.1) is 12.3 Å². The smallest absolute Gasteiger partial charge is 0.142 e. The lowest BCUT2D eigenvalue weighted by atomic mass is 10.1. The molecule has 1 fully saturated rings. The predicted octanol–water partition coefficient (Wildman–Crippen LogP) is 2.00. The molecule has 138 valence electrons. The second-order valence-electron chi connectivity index (χ2n) is 7.06. The van der Waals surface area contributed by atoms with E-state index in [1.807, 2.05) is 32.0 Å². The molecule has 0 spiro atoms. The molecule has 1 aliphatic heterocycles. The van der Waals surface area contributed by atoms with E-state index in [-0.39, 0.29) is 0 Å². The maximum atomic E-state index is 10.2. The Bertz CT molecular complexity index is 575. The minimum Gasteiger partial charge on any atom is -0.495 e. The molecule has 25 heavy (non-hydrogen) atoms. The van der Waals surface area contributed by atoms with Crippen molar-refractivity contribution in [2.24, 2.45) is 0 Å². The number of β-amino-alcohol motifs (C(OH)–C–C–N with tert-alkyl or cyclic N) is 1. The molecule has 1 aliphatic rings. The minimum absolute atomic E-state index is 0.307. The van der Waals surface area contributed by atoms with Crippen LogP contribution < -0.4 is 9.64 Å². The third-order valence-corrected chi connectivity index (χ3v) is 4.46. The lowest BCUT2D eigenvalue weighted by Gasteiger charge is -2.37. The van der Waals surface area contributed by atoms with Gasteiger partial charge in [-0.1, -0.05) is 12.1 Å². The van der Waals surface area contributed by atoms with E-state index >= 15 is 0 Å². The molecule has 1 saturated heterocycles. The van der Waals surface area contributed by atoms with Gasteiger partial charge in [-0.25, -0.2) is 0 Å². The third kappa shape index (κ3) is 5.93. The lowest BCUT2D eigenvalue weighted by Crippen LogP contribution is -2.49.